The molecule has 22 heavy (non-hydrogen) atoms. The zero-order valence-corrected chi connectivity index (χ0v) is 12.5. The van der Waals surface area contributed by atoms with Gasteiger partial charge in [0.25, 0.3) is 5.91 Å². The summed E-state index contributed by atoms with van der Waals surface area (Å²) in [4.78, 5) is 36.3. The molecule has 1 unspecified atom stereocenters. The number of carbonyl (C=O) groups excluding carboxylic acids is 2. The summed E-state index contributed by atoms with van der Waals surface area (Å²) in [5.74, 6) is -1.72. The molecule has 3 amide bonds. The predicted octanol–water partition coefficient (Wildman–Crippen LogP) is 1.06. The van der Waals surface area contributed by atoms with Gasteiger partial charge in [-0.15, -0.1) is 0 Å². The van der Waals surface area contributed by atoms with E-state index in [1.54, 1.807) is 43.0 Å². The van der Waals surface area contributed by atoms with Gasteiger partial charge in [-0.2, -0.15) is 0 Å². The number of carboxylic acids is 1. The average molecular weight is 305 g/mol. The van der Waals surface area contributed by atoms with Gasteiger partial charge in [0.05, 0.1) is 0 Å². The van der Waals surface area contributed by atoms with Gasteiger partial charge in [-0.1, -0.05) is 13.8 Å². The normalized spacial score (nSPS) is 15.6. The van der Waals surface area contributed by atoms with Gasteiger partial charge in [-0.05, 0) is 30.2 Å². The fourth-order valence-corrected chi connectivity index (χ4v) is 2.25. The topological polar surface area (TPSA) is 98.7 Å². The summed E-state index contributed by atoms with van der Waals surface area (Å²) in [5, 5.41) is 14.3. The van der Waals surface area contributed by atoms with E-state index < -0.39 is 17.9 Å². The Morgan fingerprint density at radius 1 is 1.27 bits per heavy atom. The van der Waals surface area contributed by atoms with Crippen LogP contribution in [0.25, 0.3) is 0 Å². The van der Waals surface area contributed by atoms with Crippen molar-refractivity contribution in [2.24, 2.45) is 5.92 Å². The van der Waals surface area contributed by atoms with E-state index in [-0.39, 0.29) is 11.9 Å². The third kappa shape index (κ3) is 3.36. The largest absolute Gasteiger partial charge is 0.480 e. The van der Waals surface area contributed by atoms with Gasteiger partial charge in [-0.3, -0.25) is 9.69 Å². The van der Waals surface area contributed by atoms with Crippen molar-refractivity contribution in [3.05, 3.63) is 29.8 Å². The molecule has 2 rings (SSSR count). The van der Waals surface area contributed by atoms with E-state index in [2.05, 4.69) is 10.6 Å². The predicted molar refractivity (Wildman–Crippen MR) is 80.9 cm³/mol. The molecule has 1 saturated heterocycles. The molecule has 7 nitrogen and oxygen atoms in total. The van der Waals surface area contributed by atoms with Crippen LogP contribution in [-0.2, 0) is 4.79 Å². The van der Waals surface area contributed by atoms with E-state index in [4.69, 9.17) is 5.11 Å². The third-order valence-electron chi connectivity index (χ3n) is 3.52. The lowest BCUT2D eigenvalue weighted by Crippen LogP contribution is -2.44. The number of anilines is 1. The smallest absolute Gasteiger partial charge is 0.326 e. The van der Waals surface area contributed by atoms with Crippen molar-refractivity contribution in [2.75, 3.05) is 18.0 Å². The van der Waals surface area contributed by atoms with Crippen LogP contribution in [0.3, 0.4) is 0 Å². The average Bonchev–Trinajstić information content (AvgIpc) is 2.90. The molecular formula is C15H19N3O4. The molecular weight excluding hydrogens is 286 g/mol. The zero-order valence-electron chi connectivity index (χ0n) is 12.5. The number of carboxylic acid groups (broad SMARTS) is 1. The molecule has 0 bridgehead atoms. The zero-order chi connectivity index (χ0) is 16.3. The van der Waals surface area contributed by atoms with Gasteiger partial charge in [0.2, 0.25) is 0 Å². The number of nitrogens with one attached hydrogen (secondary N) is 2. The van der Waals surface area contributed by atoms with Gasteiger partial charge >= 0.3 is 12.0 Å². The van der Waals surface area contributed by atoms with Gasteiger partial charge in [0.15, 0.2) is 0 Å². The molecule has 7 heteroatoms. The Hall–Kier alpha value is -2.57. The summed E-state index contributed by atoms with van der Waals surface area (Å²) in [6, 6.07) is 5.40. The quantitative estimate of drug-likeness (QED) is 0.757. The monoisotopic (exact) mass is 305 g/mol. The highest BCUT2D eigenvalue weighted by atomic mass is 16.4. The SMILES string of the molecule is CC(C)C(NC(=O)c1ccc(N2CCNC2=O)cc1)C(=O)O. The van der Waals surface area contributed by atoms with Gasteiger partial charge in [0, 0.05) is 24.3 Å². The maximum atomic E-state index is 12.1. The first-order chi connectivity index (χ1) is 10.4. The van der Waals surface area contributed by atoms with E-state index in [0.29, 0.717) is 24.3 Å². The number of hydrogen-bond acceptors (Lipinski definition) is 3. The van der Waals surface area contributed by atoms with Crippen LogP contribution < -0.4 is 15.5 Å². The number of carbonyl (C=O) groups is 3. The summed E-state index contributed by atoms with van der Waals surface area (Å²) in [6.07, 6.45) is 0. The molecule has 1 atom stereocenters. The second-order valence-electron chi connectivity index (χ2n) is 5.46. The van der Waals surface area contributed by atoms with Crippen LogP contribution in [-0.4, -0.2) is 42.1 Å². The van der Waals surface area contributed by atoms with Gasteiger partial charge in [0.1, 0.15) is 6.04 Å². The molecule has 1 aliphatic rings. The number of urea groups is 1. The Labute approximate surface area is 128 Å². The molecule has 0 spiro atoms. The molecule has 118 valence electrons. The van der Waals surface area contributed by atoms with Crippen molar-refractivity contribution < 1.29 is 19.5 Å². The minimum atomic E-state index is -1.06. The van der Waals surface area contributed by atoms with Crippen molar-refractivity contribution in [3.8, 4) is 0 Å². The van der Waals surface area contributed by atoms with E-state index in [1.165, 1.54) is 0 Å². The Morgan fingerprint density at radius 3 is 2.36 bits per heavy atom. The Kier molecular flexibility index (Phi) is 4.65. The van der Waals surface area contributed by atoms with Crippen LogP contribution in [0.4, 0.5) is 10.5 Å². The highest BCUT2D eigenvalue weighted by molar-refractivity contribution is 5.98. The summed E-state index contributed by atoms with van der Waals surface area (Å²) >= 11 is 0. The molecule has 1 heterocycles. The van der Waals surface area contributed by atoms with Gasteiger partial charge < -0.3 is 15.7 Å². The summed E-state index contributed by atoms with van der Waals surface area (Å²) in [6.45, 7) is 4.64. The molecule has 1 aromatic carbocycles. The highest BCUT2D eigenvalue weighted by Gasteiger charge is 2.24. The first-order valence-corrected chi connectivity index (χ1v) is 7.09. The molecule has 3 N–H and O–H groups in total. The lowest BCUT2D eigenvalue weighted by atomic mass is 10.0. The molecule has 1 aliphatic heterocycles. The Bertz CT molecular complexity index is 583. The fourth-order valence-electron chi connectivity index (χ4n) is 2.25. The van der Waals surface area contributed by atoms with Crippen LogP contribution in [0.1, 0.15) is 24.2 Å². The van der Waals surface area contributed by atoms with E-state index >= 15 is 0 Å². The fraction of sp³-hybridized carbons (Fsp3) is 0.400. The van der Waals surface area contributed by atoms with Crippen LogP contribution in [0.5, 0.6) is 0 Å². The number of benzene rings is 1. The second kappa shape index (κ2) is 6.46. The number of rotatable bonds is 5. The maximum Gasteiger partial charge on any atom is 0.326 e. The third-order valence-corrected chi connectivity index (χ3v) is 3.52. The van der Waals surface area contributed by atoms with Crippen molar-refractivity contribution >= 4 is 23.6 Å². The van der Waals surface area contributed by atoms with Gasteiger partial charge in [-0.25, -0.2) is 9.59 Å². The van der Waals surface area contributed by atoms with Crippen LogP contribution in [0, 0.1) is 5.92 Å². The number of nitrogens with zero attached hydrogens (tertiary/aromatic N) is 1. The molecule has 0 saturated carbocycles. The molecule has 0 radical (unpaired) electrons. The van der Waals surface area contributed by atoms with E-state index in [1.807, 2.05) is 0 Å². The number of aliphatic carboxylic acids is 1. The summed E-state index contributed by atoms with van der Waals surface area (Å²) in [7, 11) is 0. The lowest BCUT2D eigenvalue weighted by molar-refractivity contribution is -0.140. The van der Waals surface area contributed by atoms with E-state index in [9.17, 15) is 14.4 Å². The van der Waals surface area contributed by atoms with Crippen molar-refractivity contribution in [2.45, 2.75) is 19.9 Å². The number of hydrogen-bond donors (Lipinski definition) is 3. The summed E-state index contributed by atoms with van der Waals surface area (Å²) < 4.78 is 0. The Balaban J connectivity index is 2.08. The van der Waals surface area contributed by atoms with Crippen LogP contribution in [0.15, 0.2) is 24.3 Å². The maximum absolute atomic E-state index is 12.1. The van der Waals surface area contributed by atoms with Crippen LogP contribution >= 0.6 is 0 Å². The summed E-state index contributed by atoms with van der Waals surface area (Å²) in [5.41, 5.74) is 1.06. The lowest BCUT2D eigenvalue weighted by Gasteiger charge is -2.18. The second-order valence-corrected chi connectivity index (χ2v) is 5.46. The minimum Gasteiger partial charge on any atom is -0.480 e. The first kappa shape index (κ1) is 15.8. The molecule has 0 aliphatic carbocycles. The standard InChI is InChI=1S/C15H19N3O4/c1-9(2)12(14(20)21)17-13(19)10-3-5-11(6-4-10)18-8-7-16-15(18)22/h3-6,9,12H,7-8H2,1-2H3,(H,16,22)(H,17,19)(H,20,21). The van der Waals surface area contributed by atoms with Crippen molar-refractivity contribution in [1.29, 1.82) is 0 Å². The minimum absolute atomic E-state index is 0.164. The number of amides is 3. The molecule has 1 fully saturated rings. The van der Waals surface area contributed by atoms with Crippen molar-refractivity contribution in [3.63, 3.8) is 0 Å². The first-order valence-electron chi connectivity index (χ1n) is 7.09. The van der Waals surface area contributed by atoms with Crippen molar-refractivity contribution in [1.82, 2.24) is 10.6 Å². The Morgan fingerprint density at radius 2 is 1.91 bits per heavy atom. The molecule has 1 aromatic rings. The van der Waals surface area contributed by atoms with E-state index in [0.717, 1.165) is 0 Å². The highest BCUT2D eigenvalue weighted by Crippen LogP contribution is 2.17. The van der Waals surface area contributed by atoms with Crippen LogP contribution in [0.2, 0.25) is 0 Å². The molecule has 0 aromatic heterocycles.